The highest BCUT2D eigenvalue weighted by Gasteiger charge is 2.26. The standard InChI is InChI=1S/C20H19FN4O2S/c21-14-4-1-2-5-15(14)22-19(26)17-12-16(23-24-17)13-7-9-25(10-8-13)20(27)18-6-3-11-28-18/h1-6,11-13H,7-10H2,(H,22,26)(H,23,24). The smallest absolute Gasteiger partial charge is 0.276 e. The van der Waals surface area contributed by atoms with E-state index < -0.39 is 11.7 Å². The fourth-order valence-electron chi connectivity index (χ4n) is 3.36. The molecule has 0 aliphatic carbocycles. The maximum Gasteiger partial charge on any atom is 0.276 e. The first-order valence-electron chi connectivity index (χ1n) is 9.06. The number of nitrogens with one attached hydrogen (secondary N) is 2. The number of anilines is 1. The predicted molar refractivity (Wildman–Crippen MR) is 105 cm³/mol. The van der Waals surface area contributed by atoms with Gasteiger partial charge in [0.05, 0.1) is 10.6 Å². The van der Waals surface area contributed by atoms with E-state index in [1.807, 2.05) is 22.4 Å². The van der Waals surface area contributed by atoms with Crippen molar-refractivity contribution in [1.29, 1.82) is 0 Å². The number of carbonyl (C=O) groups excluding carboxylic acids is 2. The van der Waals surface area contributed by atoms with Crippen molar-refractivity contribution >= 4 is 28.8 Å². The Labute approximate surface area is 165 Å². The summed E-state index contributed by atoms with van der Waals surface area (Å²) in [4.78, 5) is 27.4. The van der Waals surface area contributed by atoms with Crippen molar-refractivity contribution < 1.29 is 14.0 Å². The average Bonchev–Trinajstić information content (AvgIpc) is 3.42. The number of halogens is 1. The van der Waals surface area contributed by atoms with Gasteiger partial charge in [-0.15, -0.1) is 11.3 Å². The van der Waals surface area contributed by atoms with Gasteiger partial charge in [0.1, 0.15) is 5.82 Å². The van der Waals surface area contributed by atoms with E-state index in [-0.39, 0.29) is 23.2 Å². The van der Waals surface area contributed by atoms with Gasteiger partial charge in [-0.25, -0.2) is 4.39 Å². The molecule has 0 saturated carbocycles. The Hall–Kier alpha value is -3.00. The molecule has 8 heteroatoms. The Morgan fingerprint density at radius 1 is 1.18 bits per heavy atom. The number of aromatic nitrogens is 2. The van der Waals surface area contributed by atoms with Crippen LogP contribution in [0.5, 0.6) is 0 Å². The van der Waals surface area contributed by atoms with Crippen LogP contribution in [0, 0.1) is 5.82 Å². The first kappa shape index (κ1) is 18.4. The molecule has 1 aliphatic rings. The molecule has 1 aliphatic heterocycles. The molecule has 0 unspecified atom stereocenters. The molecular weight excluding hydrogens is 379 g/mol. The second-order valence-corrected chi connectivity index (χ2v) is 7.63. The first-order chi connectivity index (χ1) is 13.6. The van der Waals surface area contributed by atoms with Gasteiger partial charge in [-0.05, 0) is 42.5 Å². The van der Waals surface area contributed by atoms with Crippen LogP contribution in [0.3, 0.4) is 0 Å². The second-order valence-electron chi connectivity index (χ2n) is 6.69. The molecule has 1 aromatic carbocycles. The lowest BCUT2D eigenvalue weighted by Crippen LogP contribution is -2.37. The highest BCUT2D eigenvalue weighted by Crippen LogP contribution is 2.28. The third kappa shape index (κ3) is 3.82. The molecule has 6 nitrogen and oxygen atoms in total. The van der Waals surface area contributed by atoms with Gasteiger partial charge in [0.15, 0.2) is 5.69 Å². The number of amides is 2. The number of benzene rings is 1. The summed E-state index contributed by atoms with van der Waals surface area (Å²) in [5.74, 6) is -0.676. The van der Waals surface area contributed by atoms with Gasteiger partial charge in [-0.1, -0.05) is 18.2 Å². The normalized spacial score (nSPS) is 14.8. The zero-order chi connectivity index (χ0) is 19.5. The lowest BCUT2D eigenvalue weighted by molar-refractivity contribution is 0.0717. The van der Waals surface area contributed by atoms with Crippen molar-refractivity contribution in [3.63, 3.8) is 0 Å². The minimum Gasteiger partial charge on any atom is -0.338 e. The maximum absolute atomic E-state index is 13.7. The van der Waals surface area contributed by atoms with Gasteiger partial charge >= 0.3 is 0 Å². The minimum atomic E-state index is -0.491. The van der Waals surface area contributed by atoms with E-state index in [0.29, 0.717) is 13.1 Å². The maximum atomic E-state index is 13.7. The number of carbonyl (C=O) groups is 2. The Kier molecular flexibility index (Phi) is 5.21. The molecule has 2 amide bonds. The van der Waals surface area contributed by atoms with Crippen LogP contribution >= 0.6 is 11.3 Å². The Bertz CT molecular complexity index is 978. The van der Waals surface area contributed by atoms with Gasteiger partial charge in [0.2, 0.25) is 0 Å². The Morgan fingerprint density at radius 3 is 2.68 bits per heavy atom. The molecule has 2 N–H and O–H groups in total. The largest absolute Gasteiger partial charge is 0.338 e. The summed E-state index contributed by atoms with van der Waals surface area (Å²) in [5, 5.41) is 11.4. The highest BCUT2D eigenvalue weighted by atomic mass is 32.1. The number of thiophene rings is 1. The van der Waals surface area contributed by atoms with Crippen LogP contribution < -0.4 is 5.32 Å². The molecule has 1 fully saturated rings. The van der Waals surface area contributed by atoms with Crippen LogP contribution in [0.2, 0.25) is 0 Å². The van der Waals surface area contributed by atoms with Gasteiger partial charge in [-0.3, -0.25) is 14.7 Å². The molecule has 0 atom stereocenters. The summed E-state index contributed by atoms with van der Waals surface area (Å²) in [6, 6.07) is 11.4. The summed E-state index contributed by atoms with van der Waals surface area (Å²) >= 11 is 1.45. The number of hydrogen-bond donors (Lipinski definition) is 2. The van der Waals surface area contributed by atoms with Gasteiger partial charge in [0.25, 0.3) is 11.8 Å². The van der Waals surface area contributed by atoms with Crippen molar-refractivity contribution in [2.75, 3.05) is 18.4 Å². The molecule has 2 aromatic heterocycles. The molecule has 28 heavy (non-hydrogen) atoms. The van der Waals surface area contributed by atoms with Crippen LogP contribution in [-0.2, 0) is 0 Å². The van der Waals surface area contributed by atoms with E-state index in [0.717, 1.165) is 23.4 Å². The van der Waals surface area contributed by atoms with Gasteiger partial charge in [0, 0.05) is 24.7 Å². The van der Waals surface area contributed by atoms with E-state index in [1.165, 1.54) is 23.5 Å². The number of likely N-dealkylation sites (tertiary alicyclic amines) is 1. The lowest BCUT2D eigenvalue weighted by Gasteiger charge is -2.31. The Balaban J connectivity index is 1.37. The zero-order valence-electron chi connectivity index (χ0n) is 15.0. The van der Waals surface area contributed by atoms with Crippen molar-refractivity contribution in [2.24, 2.45) is 0 Å². The lowest BCUT2D eigenvalue weighted by atomic mass is 9.93. The minimum absolute atomic E-state index is 0.0722. The summed E-state index contributed by atoms with van der Waals surface area (Å²) in [7, 11) is 0. The molecular formula is C20H19FN4O2S. The predicted octanol–water partition coefficient (Wildman–Crippen LogP) is 3.88. The summed E-state index contributed by atoms with van der Waals surface area (Å²) in [5.41, 5.74) is 1.20. The molecule has 0 radical (unpaired) electrons. The highest BCUT2D eigenvalue weighted by molar-refractivity contribution is 7.12. The van der Waals surface area contributed by atoms with Gasteiger partial charge < -0.3 is 10.2 Å². The number of rotatable bonds is 4. The number of piperidine rings is 1. The van der Waals surface area contributed by atoms with Crippen molar-refractivity contribution in [3.05, 3.63) is 69.9 Å². The molecule has 3 aromatic rings. The average molecular weight is 398 g/mol. The second kappa shape index (κ2) is 7.93. The van der Waals surface area contributed by atoms with E-state index in [9.17, 15) is 14.0 Å². The van der Waals surface area contributed by atoms with Crippen LogP contribution in [0.15, 0.2) is 47.8 Å². The number of nitrogens with zero attached hydrogens (tertiary/aromatic N) is 2. The van der Waals surface area contributed by atoms with Gasteiger partial charge in [-0.2, -0.15) is 5.10 Å². The van der Waals surface area contributed by atoms with Crippen LogP contribution in [0.25, 0.3) is 0 Å². The van der Waals surface area contributed by atoms with E-state index >= 15 is 0 Å². The number of para-hydroxylation sites is 1. The molecule has 4 rings (SSSR count). The summed E-state index contributed by atoms with van der Waals surface area (Å²) in [6.07, 6.45) is 1.60. The fraction of sp³-hybridized carbons (Fsp3) is 0.250. The molecule has 0 bridgehead atoms. The quantitative estimate of drug-likeness (QED) is 0.700. The Morgan fingerprint density at radius 2 is 1.96 bits per heavy atom. The fourth-order valence-corrected chi connectivity index (χ4v) is 4.05. The van der Waals surface area contributed by atoms with Crippen LogP contribution in [-0.4, -0.2) is 40.0 Å². The van der Waals surface area contributed by atoms with Crippen LogP contribution in [0.4, 0.5) is 10.1 Å². The number of H-pyrrole nitrogens is 1. The van der Waals surface area contributed by atoms with Crippen molar-refractivity contribution in [3.8, 4) is 0 Å². The zero-order valence-corrected chi connectivity index (χ0v) is 15.8. The third-order valence-electron chi connectivity index (χ3n) is 4.91. The molecule has 0 spiro atoms. The summed E-state index contributed by atoms with van der Waals surface area (Å²) in [6.45, 7) is 1.33. The van der Waals surface area contributed by atoms with Crippen molar-refractivity contribution in [2.45, 2.75) is 18.8 Å². The third-order valence-corrected chi connectivity index (χ3v) is 5.76. The molecule has 1 saturated heterocycles. The molecule has 3 heterocycles. The summed E-state index contributed by atoms with van der Waals surface area (Å²) < 4.78 is 13.7. The van der Waals surface area contributed by atoms with Crippen LogP contribution in [0.1, 0.15) is 44.6 Å². The topological polar surface area (TPSA) is 78.1 Å². The molecule has 144 valence electrons. The monoisotopic (exact) mass is 398 g/mol. The van der Waals surface area contributed by atoms with E-state index in [2.05, 4.69) is 15.5 Å². The SMILES string of the molecule is O=C(Nc1ccccc1F)c1cc(C2CCN(C(=O)c3cccs3)CC2)[nH]n1. The number of hydrogen-bond acceptors (Lipinski definition) is 4. The van der Waals surface area contributed by atoms with E-state index in [1.54, 1.807) is 18.2 Å². The first-order valence-corrected chi connectivity index (χ1v) is 9.94. The van der Waals surface area contributed by atoms with Crippen molar-refractivity contribution in [1.82, 2.24) is 15.1 Å². The van der Waals surface area contributed by atoms with E-state index in [4.69, 9.17) is 0 Å². The number of aromatic amines is 1.